The zero-order valence-electron chi connectivity index (χ0n) is 12.8. The zero-order chi connectivity index (χ0) is 17.2. The second kappa shape index (κ2) is 10.1. The van der Waals surface area contributed by atoms with Crippen LogP contribution >= 0.6 is 22.5 Å². The summed E-state index contributed by atoms with van der Waals surface area (Å²) in [4.78, 5) is 27.2. The lowest BCUT2D eigenvalue weighted by molar-refractivity contribution is -0.139. The van der Waals surface area contributed by atoms with Crippen LogP contribution in [0.1, 0.15) is 19.4 Å². The average molecular weight is 354 g/mol. The minimum absolute atomic E-state index is 0.131. The van der Waals surface area contributed by atoms with Gasteiger partial charge in [0.2, 0.25) is 0 Å². The highest BCUT2D eigenvalue weighted by Crippen LogP contribution is 2.22. The van der Waals surface area contributed by atoms with Crippen LogP contribution in [0.25, 0.3) is 0 Å². The number of nitrogens with zero attached hydrogens (tertiary/aromatic N) is 1. The maximum Gasteiger partial charge on any atom is 0.358 e. The average Bonchev–Trinajstić information content (AvgIpc) is 2.52. The Morgan fingerprint density at radius 3 is 2.48 bits per heavy atom. The topological polar surface area (TPSA) is 91.0 Å². The Balaban J connectivity index is 3.14. The van der Waals surface area contributed by atoms with Gasteiger partial charge in [-0.15, -0.1) is 11.7 Å². The van der Waals surface area contributed by atoms with E-state index in [-0.39, 0.29) is 18.2 Å². The van der Waals surface area contributed by atoms with Crippen molar-refractivity contribution < 1.29 is 19.1 Å². The summed E-state index contributed by atoms with van der Waals surface area (Å²) < 4.78 is 10.1. The molecule has 1 aromatic rings. The van der Waals surface area contributed by atoms with Gasteiger partial charge < -0.3 is 9.47 Å². The van der Waals surface area contributed by atoms with E-state index in [1.54, 1.807) is 24.3 Å². The van der Waals surface area contributed by atoms with E-state index in [1.807, 2.05) is 6.92 Å². The monoisotopic (exact) mass is 354 g/mol. The summed E-state index contributed by atoms with van der Waals surface area (Å²) in [6.07, 6.45) is 1.09. The van der Waals surface area contributed by atoms with Crippen LogP contribution in [0, 0.1) is 0 Å². The molecular formula is C15H18N2O4S2. The Hall–Kier alpha value is -1.77. The molecule has 0 bridgehead atoms. The van der Waals surface area contributed by atoms with E-state index in [9.17, 15) is 9.59 Å². The summed E-state index contributed by atoms with van der Waals surface area (Å²) in [7, 11) is 1.05. The number of hydrogen-bond donors (Lipinski definition) is 2. The summed E-state index contributed by atoms with van der Waals surface area (Å²) in [5, 5.41) is 0.442. The first kappa shape index (κ1) is 19.3. The Bertz CT molecular complexity index is 612. The largest absolute Gasteiger partial charge is 0.494 e. The lowest BCUT2D eigenvalue weighted by Crippen LogP contribution is -2.14. The van der Waals surface area contributed by atoms with E-state index in [0.29, 0.717) is 11.7 Å². The van der Waals surface area contributed by atoms with Crippen LogP contribution in [0.3, 0.4) is 0 Å². The molecule has 0 unspecified atom stereocenters. The highest BCUT2D eigenvalue weighted by Gasteiger charge is 2.13. The maximum atomic E-state index is 11.8. The maximum absolute atomic E-state index is 11.8. The van der Waals surface area contributed by atoms with E-state index >= 15 is 0 Å². The summed E-state index contributed by atoms with van der Waals surface area (Å²) in [5.41, 5.74) is 5.77. The highest BCUT2D eigenvalue weighted by molar-refractivity contribution is 8.75. The second-order valence-corrected chi connectivity index (χ2v) is 5.32. The van der Waals surface area contributed by atoms with Crippen molar-refractivity contribution in [2.75, 3.05) is 13.3 Å². The molecule has 8 heteroatoms. The van der Waals surface area contributed by atoms with Crippen LogP contribution in [0.5, 0.6) is 5.75 Å². The Kier molecular flexibility index (Phi) is 8.46. The highest BCUT2D eigenvalue weighted by atomic mass is 33.1. The van der Waals surface area contributed by atoms with Crippen molar-refractivity contribution in [3.8, 4) is 5.75 Å². The molecule has 0 aliphatic rings. The Morgan fingerprint density at radius 1 is 1.35 bits per heavy atom. The van der Waals surface area contributed by atoms with Crippen molar-refractivity contribution >= 4 is 39.3 Å². The molecule has 1 aromatic carbocycles. The van der Waals surface area contributed by atoms with Gasteiger partial charge >= 0.3 is 5.97 Å². The Morgan fingerprint density at radius 2 is 2.00 bits per heavy atom. The minimum Gasteiger partial charge on any atom is -0.494 e. The third-order valence-electron chi connectivity index (χ3n) is 2.48. The number of ketones is 1. The van der Waals surface area contributed by atoms with Gasteiger partial charge in [0.05, 0.1) is 6.61 Å². The van der Waals surface area contributed by atoms with Gasteiger partial charge in [0.1, 0.15) is 17.5 Å². The van der Waals surface area contributed by atoms with Gasteiger partial charge in [-0.25, -0.2) is 9.79 Å². The normalized spacial score (nSPS) is 12.0. The standard InChI is InChI=1S/C15H18N2O4S2/c1-3-20-12-6-4-11(5-7-12)14(23-22)17-13(8-10(2)18)15(19)21-9-16/h4-8,22H,3,9,16H2,1-2H3/b13-8+,17-14?. The summed E-state index contributed by atoms with van der Waals surface area (Å²) in [6.45, 7) is 3.48. The van der Waals surface area contributed by atoms with Crippen molar-refractivity contribution in [2.45, 2.75) is 13.8 Å². The molecule has 0 heterocycles. The van der Waals surface area contributed by atoms with Gasteiger partial charge in [0, 0.05) is 11.6 Å². The SMILES string of the molecule is CCOc1ccc(C(=N/C(=C/C(C)=O)C(=O)OCN)SS)cc1. The number of esters is 1. The minimum atomic E-state index is -0.770. The molecule has 0 aromatic heterocycles. The molecule has 0 saturated heterocycles. The third-order valence-corrected chi connectivity index (χ3v) is 3.50. The van der Waals surface area contributed by atoms with Crippen molar-refractivity contribution in [3.05, 3.63) is 41.6 Å². The smallest absolute Gasteiger partial charge is 0.358 e. The fourth-order valence-electron chi connectivity index (χ4n) is 1.59. The van der Waals surface area contributed by atoms with Gasteiger partial charge in [-0.1, -0.05) is 0 Å². The van der Waals surface area contributed by atoms with E-state index in [4.69, 9.17) is 15.2 Å². The quantitative estimate of drug-likeness (QED) is 0.149. The van der Waals surface area contributed by atoms with E-state index in [1.165, 1.54) is 6.92 Å². The van der Waals surface area contributed by atoms with E-state index in [2.05, 4.69) is 16.7 Å². The fourth-order valence-corrected chi connectivity index (χ4v) is 2.41. The molecule has 1 rings (SSSR count). The summed E-state index contributed by atoms with van der Waals surface area (Å²) in [5.74, 6) is -0.372. The molecule has 124 valence electrons. The number of carbonyl (C=O) groups is 2. The molecule has 0 aliphatic heterocycles. The van der Waals surface area contributed by atoms with Gasteiger partial charge in [-0.3, -0.25) is 10.5 Å². The number of ether oxygens (including phenoxy) is 2. The molecular weight excluding hydrogens is 336 g/mol. The van der Waals surface area contributed by atoms with Crippen LogP contribution in [-0.4, -0.2) is 30.1 Å². The summed E-state index contributed by atoms with van der Waals surface area (Å²) >= 11 is 4.15. The molecule has 6 nitrogen and oxygen atoms in total. The molecule has 23 heavy (non-hydrogen) atoms. The fraction of sp³-hybridized carbons (Fsp3) is 0.267. The first-order valence-electron chi connectivity index (χ1n) is 6.74. The van der Waals surface area contributed by atoms with Crippen molar-refractivity contribution in [1.29, 1.82) is 0 Å². The van der Waals surface area contributed by atoms with Crippen LogP contribution in [0.15, 0.2) is 41.0 Å². The number of nitrogens with two attached hydrogens (primary N) is 1. The number of hydrogen-bond acceptors (Lipinski definition) is 8. The molecule has 0 saturated carbocycles. The third kappa shape index (κ3) is 6.47. The van der Waals surface area contributed by atoms with E-state index in [0.717, 1.165) is 28.2 Å². The van der Waals surface area contributed by atoms with Crippen molar-refractivity contribution in [2.24, 2.45) is 10.7 Å². The van der Waals surface area contributed by atoms with Crippen LogP contribution in [0.2, 0.25) is 0 Å². The van der Waals surface area contributed by atoms with Crippen LogP contribution < -0.4 is 10.5 Å². The zero-order valence-corrected chi connectivity index (χ0v) is 14.5. The van der Waals surface area contributed by atoms with E-state index < -0.39 is 5.97 Å². The van der Waals surface area contributed by atoms with Gasteiger partial charge in [0.25, 0.3) is 0 Å². The molecule has 0 fully saturated rings. The number of benzene rings is 1. The van der Waals surface area contributed by atoms with Gasteiger partial charge in [-0.05, 0) is 48.9 Å². The predicted octanol–water partition coefficient (Wildman–Crippen LogP) is 2.34. The predicted molar refractivity (Wildman–Crippen MR) is 94.6 cm³/mol. The van der Waals surface area contributed by atoms with Crippen molar-refractivity contribution in [1.82, 2.24) is 0 Å². The number of aliphatic imine (C=N–C) groups is 1. The van der Waals surface area contributed by atoms with Gasteiger partial charge in [-0.2, -0.15) is 0 Å². The number of carbonyl (C=O) groups excluding carboxylic acids is 2. The number of allylic oxidation sites excluding steroid dienone is 1. The first-order valence-corrected chi connectivity index (χ1v) is 8.61. The van der Waals surface area contributed by atoms with Crippen LogP contribution in [0.4, 0.5) is 0 Å². The molecule has 2 N–H and O–H groups in total. The number of rotatable bonds is 7. The molecule has 0 radical (unpaired) electrons. The van der Waals surface area contributed by atoms with Gasteiger partial charge in [0.15, 0.2) is 11.5 Å². The second-order valence-electron chi connectivity index (χ2n) is 4.20. The molecule has 0 spiro atoms. The molecule has 0 amide bonds. The first-order chi connectivity index (χ1) is 11.0. The van der Waals surface area contributed by atoms with Crippen molar-refractivity contribution in [3.63, 3.8) is 0 Å². The lowest BCUT2D eigenvalue weighted by Gasteiger charge is -2.07. The molecule has 0 aliphatic carbocycles. The summed E-state index contributed by atoms with van der Waals surface area (Å²) in [6, 6.07) is 7.13. The molecule has 0 atom stereocenters. The Labute approximate surface area is 143 Å². The van der Waals surface area contributed by atoms with Crippen LogP contribution in [-0.2, 0) is 14.3 Å². The lowest BCUT2D eigenvalue weighted by atomic mass is 10.2. The number of thiol groups is 1.